The zero-order valence-corrected chi connectivity index (χ0v) is 19.4. The zero-order valence-electron chi connectivity index (χ0n) is 18.6. The number of hydrogen-bond acceptors (Lipinski definition) is 5. The highest BCUT2D eigenvalue weighted by Crippen LogP contribution is 2.23. The van der Waals surface area contributed by atoms with Crippen molar-refractivity contribution in [1.29, 1.82) is 0 Å². The highest BCUT2D eigenvalue weighted by molar-refractivity contribution is 7.91. The van der Waals surface area contributed by atoms with Gasteiger partial charge in [0, 0.05) is 0 Å². The van der Waals surface area contributed by atoms with Gasteiger partial charge in [-0.1, -0.05) is 59.7 Å². The van der Waals surface area contributed by atoms with Gasteiger partial charge in [-0.25, -0.2) is 8.42 Å². The standard InChI is InChI=1S/C12H10O4S.C6H6O.3C2H6/c13-9-1-5-11(6-2-9)17(15,16)12-7-3-10(14)4-8-12;7-6-4-2-1-3-5-6;3*1-2/h1-8,13-14H;1-5,7H;3*1-2H3. The predicted octanol–water partition coefficient (Wildman–Crippen LogP) is 6.40. The Bertz CT molecular complexity index is 822. The molecule has 0 spiro atoms. The summed E-state index contributed by atoms with van der Waals surface area (Å²) in [7, 11) is -3.59. The molecule has 0 unspecified atom stereocenters. The fourth-order valence-corrected chi connectivity index (χ4v) is 3.08. The van der Waals surface area contributed by atoms with Gasteiger partial charge in [0.2, 0.25) is 9.84 Å². The van der Waals surface area contributed by atoms with Crippen molar-refractivity contribution in [1.82, 2.24) is 0 Å². The molecule has 5 nitrogen and oxygen atoms in total. The summed E-state index contributed by atoms with van der Waals surface area (Å²) in [5.74, 6) is 0.340. The van der Waals surface area contributed by atoms with Gasteiger partial charge < -0.3 is 15.3 Å². The monoisotopic (exact) mass is 434 g/mol. The largest absolute Gasteiger partial charge is 0.508 e. The Balaban J connectivity index is 0. The lowest BCUT2D eigenvalue weighted by atomic mass is 10.3. The van der Waals surface area contributed by atoms with Crippen LogP contribution < -0.4 is 0 Å². The minimum atomic E-state index is -3.59. The summed E-state index contributed by atoms with van der Waals surface area (Å²) in [5.41, 5.74) is 0. The SMILES string of the molecule is CC.CC.CC.O=S(=O)(c1ccc(O)cc1)c1ccc(O)cc1.Oc1ccccc1. The van der Waals surface area contributed by atoms with Crippen molar-refractivity contribution in [3.8, 4) is 17.2 Å². The normalized spacial score (nSPS) is 9.00. The minimum Gasteiger partial charge on any atom is -0.508 e. The van der Waals surface area contributed by atoms with Crippen molar-refractivity contribution in [2.45, 2.75) is 51.3 Å². The molecule has 0 aliphatic heterocycles. The van der Waals surface area contributed by atoms with E-state index in [1.54, 1.807) is 24.3 Å². The molecule has 0 saturated carbocycles. The van der Waals surface area contributed by atoms with Crippen molar-refractivity contribution >= 4 is 9.84 Å². The zero-order chi connectivity index (χ0) is 23.6. The van der Waals surface area contributed by atoms with Gasteiger partial charge in [0.1, 0.15) is 17.2 Å². The van der Waals surface area contributed by atoms with Gasteiger partial charge in [-0.3, -0.25) is 0 Å². The molecule has 0 saturated heterocycles. The van der Waals surface area contributed by atoms with E-state index >= 15 is 0 Å². The van der Waals surface area contributed by atoms with Crippen LogP contribution in [0.2, 0.25) is 0 Å². The average Bonchev–Trinajstić information content (AvgIpc) is 2.79. The Morgan fingerprint density at radius 1 is 0.467 bits per heavy atom. The van der Waals surface area contributed by atoms with E-state index in [4.69, 9.17) is 15.3 Å². The Labute approximate surface area is 181 Å². The van der Waals surface area contributed by atoms with Gasteiger partial charge in [0.25, 0.3) is 0 Å². The first-order valence-corrected chi connectivity index (χ1v) is 11.4. The first-order valence-electron chi connectivity index (χ1n) is 9.97. The lowest BCUT2D eigenvalue weighted by molar-refractivity contribution is 0.474. The van der Waals surface area contributed by atoms with Gasteiger partial charge in [-0.05, 0) is 60.7 Å². The molecule has 3 rings (SSSR count). The third kappa shape index (κ3) is 10.5. The fourth-order valence-electron chi connectivity index (χ4n) is 1.81. The summed E-state index contributed by atoms with van der Waals surface area (Å²) in [4.78, 5) is 0.196. The molecule has 0 radical (unpaired) electrons. The van der Waals surface area contributed by atoms with Crippen LogP contribution in [-0.4, -0.2) is 23.7 Å². The first-order chi connectivity index (χ1) is 14.4. The smallest absolute Gasteiger partial charge is 0.206 e. The maximum absolute atomic E-state index is 12.1. The van der Waals surface area contributed by atoms with Crippen LogP contribution in [-0.2, 0) is 9.84 Å². The van der Waals surface area contributed by atoms with Crippen molar-refractivity contribution in [2.24, 2.45) is 0 Å². The molecule has 3 aromatic carbocycles. The number of phenols is 3. The molecule has 0 atom stereocenters. The van der Waals surface area contributed by atoms with Crippen LogP contribution in [0.5, 0.6) is 17.2 Å². The second kappa shape index (κ2) is 16.9. The quantitative estimate of drug-likeness (QED) is 0.434. The third-order valence-corrected chi connectivity index (χ3v) is 4.84. The number of para-hydroxylation sites is 1. The van der Waals surface area contributed by atoms with Gasteiger partial charge >= 0.3 is 0 Å². The lowest BCUT2D eigenvalue weighted by Gasteiger charge is -2.04. The number of hydrogen-bond donors (Lipinski definition) is 3. The van der Waals surface area contributed by atoms with Crippen LogP contribution in [0.25, 0.3) is 0 Å². The average molecular weight is 435 g/mol. The van der Waals surface area contributed by atoms with Crippen molar-refractivity contribution < 1.29 is 23.7 Å². The van der Waals surface area contributed by atoms with Gasteiger partial charge in [0.05, 0.1) is 9.79 Å². The third-order valence-electron chi connectivity index (χ3n) is 3.05. The summed E-state index contributed by atoms with van der Waals surface area (Å²) < 4.78 is 24.2. The Kier molecular flexibility index (Phi) is 16.5. The van der Waals surface area contributed by atoms with Crippen LogP contribution in [0, 0.1) is 0 Å². The minimum absolute atomic E-state index is 0.00894. The number of rotatable bonds is 2. The van der Waals surface area contributed by atoms with E-state index in [1.807, 2.05) is 47.6 Å². The van der Waals surface area contributed by atoms with E-state index in [9.17, 15) is 8.42 Å². The summed E-state index contributed by atoms with van der Waals surface area (Å²) in [5, 5.41) is 26.8. The maximum atomic E-state index is 12.1. The topological polar surface area (TPSA) is 94.8 Å². The van der Waals surface area contributed by atoms with E-state index in [0.29, 0.717) is 5.75 Å². The Morgan fingerprint density at radius 2 is 0.733 bits per heavy atom. The number of aromatic hydroxyl groups is 3. The molecule has 6 heteroatoms. The van der Waals surface area contributed by atoms with E-state index in [-0.39, 0.29) is 21.3 Å². The van der Waals surface area contributed by atoms with Crippen LogP contribution in [0.4, 0.5) is 0 Å². The number of sulfone groups is 1. The molecule has 0 aromatic heterocycles. The number of phenolic OH excluding ortho intramolecular Hbond substituents is 3. The Hall–Kier alpha value is -2.99. The van der Waals surface area contributed by atoms with Gasteiger partial charge in [-0.15, -0.1) is 0 Å². The van der Waals surface area contributed by atoms with E-state index in [0.717, 1.165) is 0 Å². The molecular formula is C24H34O5S. The van der Waals surface area contributed by atoms with Crippen LogP contribution >= 0.6 is 0 Å². The second-order valence-electron chi connectivity index (χ2n) is 4.83. The summed E-state index contributed by atoms with van der Waals surface area (Å²) in [6.07, 6.45) is 0. The molecule has 0 aliphatic rings. The van der Waals surface area contributed by atoms with Crippen LogP contribution in [0.3, 0.4) is 0 Å². The van der Waals surface area contributed by atoms with Crippen molar-refractivity contribution in [2.75, 3.05) is 0 Å². The predicted molar refractivity (Wildman–Crippen MR) is 124 cm³/mol. The highest BCUT2D eigenvalue weighted by atomic mass is 32.2. The van der Waals surface area contributed by atoms with Gasteiger partial charge in [-0.2, -0.15) is 0 Å². The molecule has 0 fully saturated rings. The van der Waals surface area contributed by atoms with Crippen LogP contribution in [0.15, 0.2) is 88.7 Å². The second-order valence-corrected chi connectivity index (χ2v) is 6.78. The molecular weight excluding hydrogens is 400 g/mol. The first kappa shape index (κ1) is 29.2. The van der Waals surface area contributed by atoms with Crippen molar-refractivity contribution in [3.63, 3.8) is 0 Å². The summed E-state index contributed by atoms with van der Waals surface area (Å²) in [6.45, 7) is 12.0. The van der Waals surface area contributed by atoms with Crippen molar-refractivity contribution in [3.05, 3.63) is 78.9 Å². The van der Waals surface area contributed by atoms with E-state index in [2.05, 4.69) is 0 Å². The van der Waals surface area contributed by atoms with Gasteiger partial charge in [0.15, 0.2) is 0 Å². The van der Waals surface area contributed by atoms with E-state index in [1.165, 1.54) is 48.5 Å². The van der Waals surface area contributed by atoms with E-state index < -0.39 is 9.84 Å². The highest BCUT2D eigenvalue weighted by Gasteiger charge is 2.17. The molecule has 0 aliphatic carbocycles. The molecule has 3 N–H and O–H groups in total. The molecule has 0 amide bonds. The molecule has 0 bridgehead atoms. The maximum Gasteiger partial charge on any atom is 0.206 e. The molecule has 30 heavy (non-hydrogen) atoms. The lowest BCUT2D eigenvalue weighted by Crippen LogP contribution is -2.01. The Morgan fingerprint density at radius 3 is 0.967 bits per heavy atom. The number of benzene rings is 3. The fraction of sp³-hybridized carbons (Fsp3) is 0.250. The molecule has 3 aromatic rings. The molecule has 0 heterocycles. The summed E-state index contributed by atoms with van der Waals surface area (Å²) >= 11 is 0. The molecule has 166 valence electrons. The van der Waals surface area contributed by atoms with Crippen LogP contribution in [0.1, 0.15) is 41.5 Å². The summed E-state index contributed by atoms with van der Waals surface area (Å²) in [6, 6.07) is 19.3.